The van der Waals surface area contributed by atoms with E-state index in [9.17, 15) is 14.4 Å². The molecule has 9 heteroatoms. The number of hydrogen-bond donors (Lipinski definition) is 1. The van der Waals surface area contributed by atoms with Gasteiger partial charge in [0.25, 0.3) is 5.91 Å². The van der Waals surface area contributed by atoms with Crippen LogP contribution in [0.5, 0.6) is 0 Å². The maximum atomic E-state index is 12.2. The number of aromatic nitrogens is 4. The number of nitrogens with one attached hydrogen (secondary N) is 1. The molecule has 28 heavy (non-hydrogen) atoms. The van der Waals surface area contributed by atoms with Crippen LogP contribution in [0, 0.1) is 0 Å². The number of rotatable bonds is 6. The van der Waals surface area contributed by atoms with Crippen LogP contribution in [0.1, 0.15) is 34.6 Å². The first-order chi connectivity index (χ1) is 13.4. The summed E-state index contributed by atoms with van der Waals surface area (Å²) in [6, 6.07) is 12.9. The number of ketones is 1. The van der Waals surface area contributed by atoms with Gasteiger partial charge in [-0.05, 0) is 72.8 Å². The molecule has 1 amide bonds. The Bertz CT molecular complexity index is 982. The lowest BCUT2D eigenvalue weighted by Crippen LogP contribution is -2.30. The molecule has 0 saturated carbocycles. The first-order valence-corrected chi connectivity index (χ1v) is 8.40. The van der Waals surface area contributed by atoms with Gasteiger partial charge in [0.15, 0.2) is 11.9 Å². The van der Waals surface area contributed by atoms with E-state index < -0.39 is 18.0 Å². The van der Waals surface area contributed by atoms with Gasteiger partial charge in [-0.1, -0.05) is 0 Å². The molecule has 1 heterocycles. The van der Waals surface area contributed by atoms with Crippen LogP contribution >= 0.6 is 0 Å². The summed E-state index contributed by atoms with van der Waals surface area (Å²) in [5.41, 5.74) is 2.02. The average Bonchev–Trinajstić information content (AvgIpc) is 3.23. The Labute approximate surface area is 160 Å². The Balaban J connectivity index is 1.58. The number of carbonyl (C=O) groups excluding carboxylic acids is 3. The summed E-state index contributed by atoms with van der Waals surface area (Å²) in [6.45, 7) is 2.94. The van der Waals surface area contributed by atoms with Crippen molar-refractivity contribution in [2.75, 3.05) is 5.32 Å². The molecule has 0 bridgehead atoms. The van der Waals surface area contributed by atoms with Gasteiger partial charge >= 0.3 is 5.97 Å². The zero-order chi connectivity index (χ0) is 20.1. The normalized spacial score (nSPS) is 11.5. The van der Waals surface area contributed by atoms with Crippen LogP contribution in [-0.4, -0.2) is 44.0 Å². The van der Waals surface area contributed by atoms with Gasteiger partial charge in [-0.3, -0.25) is 9.59 Å². The van der Waals surface area contributed by atoms with Crippen molar-refractivity contribution in [2.24, 2.45) is 0 Å². The number of nitrogens with zero attached hydrogens (tertiary/aromatic N) is 4. The SMILES string of the molecule is CC(=O)c1ccc(NC(=O)C(C)OC(=O)c2ccc(-n3cnnn3)cc2)cc1. The molecule has 0 fully saturated rings. The fourth-order valence-electron chi connectivity index (χ4n) is 2.34. The van der Waals surface area contributed by atoms with Crippen molar-refractivity contribution in [1.29, 1.82) is 0 Å². The van der Waals surface area contributed by atoms with Crippen LogP contribution in [0.2, 0.25) is 0 Å². The maximum Gasteiger partial charge on any atom is 0.338 e. The van der Waals surface area contributed by atoms with Crippen molar-refractivity contribution in [1.82, 2.24) is 20.2 Å². The van der Waals surface area contributed by atoms with Crippen molar-refractivity contribution in [3.63, 3.8) is 0 Å². The highest BCUT2D eigenvalue weighted by Gasteiger charge is 2.19. The number of carbonyl (C=O) groups is 3. The van der Waals surface area contributed by atoms with Gasteiger partial charge in [0.1, 0.15) is 6.33 Å². The van der Waals surface area contributed by atoms with E-state index in [0.29, 0.717) is 22.5 Å². The van der Waals surface area contributed by atoms with Crippen LogP contribution in [-0.2, 0) is 9.53 Å². The van der Waals surface area contributed by atoms with Gasteiger partial charge in [0.2, 0.25) is 0 Å². The van der Waals surface area contributed by atoms with Crippen LogP contribution in [0.4, 0.5) is 5.69 Å². The minimum atomic E-state index is -1.00. The van der Waals surface area contributed by atoms with Gasteiger partial charge < -0.3 is 10.1 Å². The summed E-state index contributed by atoms with van der Waals surface area (Å²) in [7, 11) is 0. The number of ether oxygens (including phenoxy) is 1. The predicted octanol–water partition coefficient (Wildman–Crippen LogP) is 2.05. The third-order valence-electron chi connectivity index (χ3n) is 3.93. The van der Waals surface area contributed by atoms with Crippen LogP contribution in [0.15, 0.2) is 54.9 Å². The topological polar surface area (TPSA) is 116 Å². The van der Waals surface area contributed by atoms with Gasteiger partial charge in [-0.15, -0.1) is 5.10 Å². The van der Waals surface area contributed by atoms with E-state index in [0.717, 1.165) is 0 Å². The number of Topliss-reactive ketones (excluding diaryl/α,β-unsaturated/α-hetero) is 1. The summed E-state index contributed by atoms with van der Waals surface area (Å²) in [6.07, 6.45) is 0.432. The zero-order valence-electron chi connectivity index (χ0n) is 15.2. The van der Waals surface area contributed by atoms with E-state index in [2.05, 4.69) is 20.8 Å². The standard InChI is InChI=1S/C19H17N5O4/c1-12(25)14-3-7-16(8-4-14)21-18(26)13(2)28-19(27)15-5-9-17(10-6-15)24-11-20-22-23-24/h3-11,13H,1-2H3,(H,21,26). The first-order valence-electron chi connectivity index (χ1n) is 8.40. The summed E-state index contributed by atoms with van der Waals surface area (Å²) in [5, 5.41) is 13.5. The van der Waals surface area contributed by atoms with E-state index in [1.165, 1.54) is 24.9 Å². The number of hydrogen-bond acceptors (Lipinski definition) is 7. The Morgan fingerprint density at radius 3 is 2.21 bits per heavy atom. The van der Waals surface area contributed by atoms with Crippen molar-refractivity contribution in [2.45, 2.75) is 20.0 Å². The molecule has 3 rings (SSSR count). The molecule has 3 aromatic rings. The molecule has 2 aromatic carbocycles. The largest absolute Gasteiger partial charge is 0.449 e. The highest BCUT2D eigenvalue weighted by Crippen LogP contribution is 2.13. The quantitative estimate of drug-likeness (QED) is 0.515. The van der Waals surface area contributed by atoms with Crippen molar-refractivity contribution in [3.8, 4) is 5.69 Å². The molecular weight excluding hydrogens is 362 g/mol. The van der Waals surface area contributed by atoms with E-state index in [4.69, 9.17) is 4.74 Å². The van der Waals surface area contributed by atoms with Crippen LogP contribution < -0.4 is 5.32 Å². The lowest BCUT2D eigenvalue weighted by molar-refractivity contribution is -0.123. The summed E-state index contributed by atoms with van der Waals surface area (Å²) >= 11 is 0. The third-order valence-corrected chi connectivity index (χ3v) is 3.93. The molecule has 0 aliphatic rings. The summed E-state index contributed by atoms with van der Waals surface area (Å²) < 4.78 is 6.66. The molecule has 0 radical (unpaired) electrons. The number of benzene rings is 2. The second kappa shape index (κ2) is 8.21. The molecule has 1 unspecified atom stereocenters. The number of amides is 1. The van der Waals surface area contributed by atoms with Gasteiger partial charge in [-0.2, -0.15) is 0 Å². The minimum Gasteiger partial charge on any atom is -0.449 e. The smallest absolute Gasteiger partial charge is 0.338 e. The lowest BCUT2D eigenvalue weighted by atomic mass is 10.1. The Kier molecular flexibility index (Phi) is 5.54. The second-order valence-corrected chi connectivity index (χ2v) is 5.97. The molecule has 0 aliphatic carbocycles. The van der Waals surface area contributed by atoms with Gasteiger partial charge in [-0.25, -0.2) is 9.48 Å². The Morgan fingerprint density at radius 2 is 1.64 bits per heavy atom. The molecular formula is C19H17N5O4. The van der Waals surface area contributed by atoms with Gasteiger partial charge in [0, 0.05) is 11.3 Å². The number of tetrazole rings is 1. The zero-order valence-corrected chi connectivity index (χ0v) is 15.2. The van der Waals surface area contributed by atoms with Crippen molar-refractivity contribution in [3.05, 3.63) is 66.0 Å². The first kappa shape index (κ1) is 18.9. The second-order valence-electron chi connectivity index (χ2n) is 5.97. The molecule has 1 N–H and O–H groups in total. The number of anilines is 1. The van der Waals surface area contributed by atoms with E-state index in [-0.39, 0.29) is 5.78 Å². The molecule has 1 atom stereocenters. The Morgan fingerprint density at radius 1 is 1.00 bits per heavy atom. The van der Waals surface area contributed by atoms with Crippen molar-refractivity contribution < 1.29 is 19.1 Å². The van der Waals surface area contributed by atoms with E-state index in [1.807, 2.05) is 0 Å². The molecule has 1 aromatic heterocycles. The number of esters is 1. The molecule has 9 nitrogen and oxygen atoms in total. The predicted molar refractivity (Wildman–Crippen MR) is 99.1 cm³/mol. The lowest BCUT2D eigenvalue weighted by Gasteiger charge is -2.14. The minimum absolute atomic E-state index is 0.0636. The average molecular weight is 379 g/mol. The molecule has 142 valence electrons. The monoisotopic (exact) mass is 379 g/mol. The molecule has 0 saturated heterocycles. The fourth-order valence-corrected chi connectivity index (χ4v) is 2.34. The van der Waals surface area contributed by atoms with Crippen LogP contribution in [0.25, 0.3) is 5.69 Å². The highest BCUT2D eigenvalue weighted by atomic mass is 16.5. The molecule has 0 spiro atoms. The molecule has 0 aliphatic heterocycles. The third kappa shape index (κ3) is 4.44. The Hall–Kier alpha value is -3.88. The van der Waals surface area contributed by atoms with E-state index >= 15 is 0 Å². The highest BCUT2D eigenvalue weighted by molar-refractivity contribution is 5.98. The fraction of sp³-hybridized carbons (Fsp3) is 0.158. The van der Waals surface area contributed by atoms with Gasteiger partial charge in [0.05, 0.1) is 11.3 Å². The summed E-state index contributed by atoms with van der Waals surface area (Å²) in [4.78, 5) is 35.7. The summed E-state index contributed by atoms with van der Waals surface area (Å²) in [5.74, 6) is -1.17. The maximum absolute atomic E-state index is 12.2. The van der Waals surface area contributed by atoms with E-state index in [1.54, 1.807) is 48.5 Å². The van der Waals surface area contributed by atoms with Crippen LogP contribution in [0.3, 0.4) is 0 Å². The van der Waals surface area contributed by atoms with Crippen molar-refractivity contribution >= 4 is 23.3 Å².